The molecule has 0 saturated carbocycles. The number of ether oxygens (including phenoxy) is 1. The monoisotopic (exact) mass is 544 g/mol. The van der Waals surface area contributed by atoms with Crippen LogP contribution in [-0.4, -0.2) is 99.7 Å². The minimum absolute atomic E-state index is 0.0210. The van der Waals surface area contributed by atoms with Crippen molar-refractivity contribution in [1.29, 1.82) is 0 Å². The maximum absolute atomic E-state index is 12.3. The number of carbonyl (C=O) groups excluding carboxylic acids is 1. The highest BCUT2D eigenvalue weighted by Gasteiger charge is 2.35. The number of piperazine rings is 1. The second kappa shape index (κ2) is 10.8. The summed E-state index contributed by atoms with van der Waals surface area (Å²) >= 11 is 0. The second-order valence-electron chi connectivity index (χ2n) is 11.6. The molecule has 2 saturated heterocycles. The van der Waals surface area contributed by atoms with Gasteiger partial charge in [-0.15, -0.1) is 0 Å². The maximum Gasteiger partial charge on any atom is 0.318 e. The van der Waals surface area contributed by atoms with E-state index in [-0.39, 0.29) is 18.0 Å². The van der Waals surface area contributed by atoms with E-state index < -0.39 is 0 Å². The van der Waals surface area contributed by atoms with E-state index in [0.29, 0.717) is 38.3 Å². The number of hydrogen-bond acceptors (Lipinski definition) is 8. The van der Waals surface area contributed by atoms with Crippen LogP contribution < -0.4 is 9.64 Å². The molecule has 2 unspecified atom stereocenters. The van der Waals surface area contributed by atoms with Gasteiger partial charge in [-0.2, -0.15) is 15.1 Å². The van der Waals surface area contributed by atoms with Gasteiger partial charge in [0.25, 0.3) is 0 Å². The first-order valence-electron chi connectivity index (χ1n) is 14.4. The van der Waals surface area contributed by atoms with Crippen molar-refractivity contribution in [2.45, 2.75) is 57.8 Å². The van der Waals surface area contributed by atoms with Gasteiger partial charge in [-0.3, -0.25) is 14.8 Å². The largest absolute Gasteiger partial charge is 0.462 e. The van der Waals surface area contributed by atoms with Gasteiger partial charge in [-0.1, -0.05) is 12.6 Å². The van der Waals surface area contributed by atoms with Crippen LogP contribution in [0.3, 0.4) is 0 Å². The van der Waals surface area contributed by atoms with Gasteiger partial charge in [0, 0.05) is 61.7 Å². The van der Waals surface area contributed by atoms with Crippen LogP contribution in [0.15, 0.2) is 31.0 Å². The van der Waals surface area contributed by atoms with Gasteiger partial charge in [-0.25, -0.2) is 0 Å². The first-order chi connectivity index (χ1) is 19.3. The number of aromatic nitrogens is 4. The Balaban J connectivity index is 1.36. The summed E-state index contributed by atoms with van der Waals surface area (Å²) < 4.78 is 6.32. The fraction of sp³-hybridized carbons (Fsp3) is 0.533. The molecule has 10 heteroatoms. The Hall–Kier alpha value is -3.50. The summed E-state index contributed by atoms with van der Waals surface area (Å²) in [6, 6.07) is 5.37. The van der Waals surface area contributed by atoms with Gasteiger partial charge in [0.1, 0.15) is 12.4 Å². The fourth-order valence-electron chi connectivity index (χ4n) is 6.70. The number of H-pyrrole nitrogens is 1. The number of anilines is 1. The molecule has 1 N–H and O–H groups in total. The molecular weight excluding hydrogens is 504 g/mol. The smallest absolute Gasteiger partial charge is 0.318 e. The standard InChI is InChI=1S/C30H40N8O2/c1-6-27(39)37-12-13-38(20(3)16-37)29-23-17-36(5)26(28-19(2)9-10-24-22(28)15-31-34-24)14-25(23)32-30(33-29)40-18-21-8-7-11-35(21)4/h6,9-10,15,20-21,26H,1,7-8,11-14,16-18H2,2-5H3,(H,31,34)/t20-,21?,26?/m0/s1. The third-order valence-electron chi connectivity index (χ3n) is 9.06. The summed E-state index contributed by atoms with van der Waals surface area (Å²) in [7, 11) is 4.34. The molecule has 0 radical (unpaired) electrons. The molecule has 3 atom stereocenters. The van der Waals surface area contributed by atoms with Crippen molar-refractivity contribution in [3.8, 4) is 6.01 Å². The number of nitrogens with zero attached hydrogens (tertiary/aromatic N) is 7. The molecule has 3 aromatic rings. The lowest BCUT2D eigenvalue weighted by atomic mass is 9.89. The number of aromatic amines is 1. The van der Waals surface area contributed by atoms with Crippen LogP contribution in [0.5, 0.6) is 6.01 Å². The number of benzene rings is 1. The zero-order valence-corrected chi connectivity index (χ0v) is 24.1. The number of nitrogens with one attached hydrogen (secondary N) is 1. The third-order valence-corrected chi connectivity index (χ3v) is 9.06. The van der Waals surface area contributed by atoms with Crippen molar-refractivity contribution in [1.82, 2.24) is 34.9 Å². The predicted molar refractivity (Wildman–Crippen MR) is 156 cm³/mol. The number of likely N-dealkylation sites (tertiary alicyclic amines) is 1. The van der Waals surface area contributed by atoms with E-state index in [9.17, 15) is 4.79 Å². The summed E-state index contributed by atoms with van der Waals surface area (Å²) in [5, 5.41) is 8.61. The summed E-state index contributed by atoms with van der Waals surface area (Å²) in [5.41, 5.74) is 5.78. The number of likely N-dealkylation sites (N-methyl/N-ethyl adjacent to an activating group) is 2. The maximum atomic E-state index is 12.3. The second-order valence-corrected chi connectivity index (χ2v) is 11.6. The highest BCUT2D eigenvalue weighted by atomic mass is 16.5. The Labute approximate surface area is 236 Å². The van der Waals surface area contributed by atoms with Crippen LogP contribution in [0.25, 0.3) is 10.9 Å². The molecule has 1 aromatic carbocycles. The molecule has 1 amide bonds. The zero-order chi connectivity index (χ0) is 28.0. The van der Waals surface area contributed by atoms with Crippen LogP contribution in [0.1, 0.15) is 48.2 Å². The summed E-state index contributed by atoms with van der Waals surface area (Å²) in [5.74, 6) is 0.911. The average molecular weight is 545 g/mol. The number of fused-ring (bicyclic) bond motifs is 2. The van der Waals surface area contributed by atoms with Crippen molar-refractivity contribution >= 4 is 22.6 Å². The minimum atomic E-state index is -0.0210. The van der Waals surface area contributed by atoms with Gasteiger partial charge in [0.05, 0.1) is 17.4 Å². The zero-order valence-electron chi connectivity index (χ0n) is 24.1. The van der Waals surface area contributed by atoms with Gasteiger partial charge in [0.15, 0.2) is 0 Å². The van der Waals surface area contributed by atoms with Crippen LogP contribution in [0, 0.1) is 6.92 Å². The number of aryl methyl sites for hydroxylation is 1. The van der Waals surface area contributed by atoms with Gasteiger partial charge in [-0.05, 0) is 70.6 Å². The molecule has 0 spiro atoms. The van der Waals surface area contributed by atoms with Crippen molar-refractivity contribution in [3.05, 3.63) is 53.4 Å². The van der Waals surface area contributed by atoms with E-state index in [2.05, 4.69) is 71.6 Å². The molecule has 2 fully saturated rings. The van der Waals surface area contributed by atoms with E-state index in [4.69, 9.17) is 14.7 Å². The molecule has 5 heterocycles. The van der Waals surface area contributed by atoms with E-state index in [1.807, 2.05) is 11.1 Å². The van der Waals surface area contributed by atoms with Gasteiger partial charge in [0.2, 0.25) is 5.91 Å². The Kier molecular flexibility index (Phi) is 7.22. The van der Waals surface area contributed by atoms with Crippen molar-refractivity contribution in [2.24, 2.45) is 0 Å². The Morgan fingerprint density at radius 3 is 2.80 bits per heavy atom. The molecule has 0 aliphatic carbocycles. The number of carbonyl (C=O) groups is 1. The van der Waals surface area contributed by atoms with E-state index in [1.54, 1.807) is 0 Å². The molecule has 6 rings (SSSR count). The highest BCUT2D eigenvalue weighted by Crippen LogP contribution is 2.40. The van der Waals surface area contributed by atoms with Crippen molar-refractivity contribution in [2.75, 3.05) is 51.8 Å². The number of amides is 1. The van der Waals surface area contributed by atoms with Crippen LogP contribution in [0.4, 0.5) is 5.82 Å². The van der Waals surface area contributed by atoms with Crippen LogP contribution in [-0.2, 0) is 17.8 Å². The SMILES string of the molecule is C=CC(=O)N1CCN(c2nc(OCC3CCCN3C)nc3c2CN(C)C(c2c(C)ccc4[nH]ncc24)C3)[C@@H](C)C1. The van der Waals surface area contributed by atoms with E-state index in [1.165, 1.54) is 23.6 Å². The Morgan fingerprint density at radius 2 is 2.05 bits per heavy atom. The van der Waals surface area contributed by atoms with Crippen LogP contribution in [0.2, 0.25) is 0 Å². The number of rotatable bonds is 6. The first-order valence-corrected chi connectivity index (χ1v) is 14.4. The fourth-order valence-corrected chi connectivity index (χ4v) is 6.70. The molecule has 40 heavy (non-hydrogen) atoms. The number of hydrogen-bond donors (Lipinski definition) is 1. The molecule has 0 bridgehead atoms. The molecular formula is C30H40N8O2. The van der Waals surface area contributed by atoms with Gasteiger partial charge >= 0.3 is 6.01 Å². The summed E-state index contributed by atoms with van der Waals surface area (Å²) in [6.45, 7) is 12.4. The van der Waals surface area contributed by atoms with E-state index in [0.717, 1.165) is 53.9 Å². The lowest BCUT2D eigenvalue weighted by Gasteiger charge is -2.42. The summed E-state index contributed by atoms with van der Waals surface area (Å²) in [6.07, 6.45) is 6.42. The van der Waals surface area contributed by atoms with Crippen molar-refractivity contribution in [3.63, 3.8) is 0 Å². The van der Waals surface area contributed by atoms with Crippen LogP contribution >= 0.6 is 0 Å². The molecule has 10 nitrogen and oxygen atoms in total. The molecule has 2 aromatic heterocycles. The lowest BCUT2D eigenvalue weighted by molar-refractivity contribution is -0.126. The van der Waals surface area contributed by atoms with E-state index >= 15 is 0 Å². The topological polar surface area (TPSA) is 93.7 Å². The molecule has 3 aliphatic rings. The first kappa shape index (κ1) is 26.7. The quantitative estimate of drug-likeness (QED) is 0.474. The minimum Gasteiger partial charge on any atom is -0.462 e. The Morgan fingerprint density at radius 1 is 1.20 bits per heavy atom. The van der Waals surface area contributed by atoms with Gasteiger partial charge < -0.3 is 19.4 Å². The molecule has 212 valence electrons. The molecule has 3 aliphatic heterocycles. The highest BCUT2D eigenvalue weighted by molar-refractivity contribution is 5.87. The predicted octanol–water partition coefficient (Wildman–Crippen LogP) is 3.09. The van der Waals surface area contributed by atoms with Crippen molar-refractivity contribution < 1.29 is 9.53 Å². The third kappa shape index (κ3) is 4.83. The summed E-state index contributed by atoms with van der Waals surface area (Å²) in [4.78, 5) is 31.4. The Bertz CT molecular complexity index is 1420. The average Bonchev–Trinajstić information content (AvgIpc) is 3.59. The normalized spacial score (nSPS) is 23.9. The lowest BCUT2D eigenvalue weighted by Crippen LogP contribution is -2.54.